The van der Waals surface area contributed by atoms with Crippen LogP contribution in [-0.2, 0) is 4.65 Å². The molecule has 0 amide bonds. The summed E-state index contributed by atoms with van der Waals surface area (Å²) < 4.78 is 7.38. The number of allylic oxidation sites excluding steroid dienone is 1. The fraction of sp³-hybridized carbons (Fsp3) is 0.286. The first kappa shape index (κ1) is 21.9. The summed E-state index contributed by atoms with van der Waals surface area (Å²) in [6.07, 6.45) is 3.23. The summed E-state index contributed by atoms with van der Waals surface area (Å²) in [4.78, 5) is 0. The Morgan fingerprint density at radius 3 is 2.38 bits per heavy atom. The minimum absolute atomic E-state index is 0.388. The number of halogens is 1. The van der Waals surface area contributed by atoms with Crippen molar-refractivity contribution in [2.75, 3.05) is 0 Å². The molecule has 2 aliphatic carbocycles. The highest BCUT2D eigenvalue weighted by Crippen LogP contribution is 2.52. The van der Waals surface area contributed by atoms with Gasteiger partial charge < -0.3 is 9.76 Å². The third-order valence-corrected chi connectivity index (χ3v) is 8.14. The number of benzene rings is 3. The summed E-state index contributed by atoms with van der Waals surface area (Å²) in [5.74, 6) is 0.388. The lowest BCUT2D eigenvalue weighted by Crippen LogP contribution is -2.48. The predicted molar refractivity (Wildman–Crippen MR) is 142 cm³/mol. The first-order valence-electron chi connectivity index (χ1n) is 11.1. The van der Waals surface area contributed by atoms with Crippen LogP contribution in [0.4, 0.5) is 0 Å². The summed E-state index contributed by atoms with van der Waals surface area (Å²) >= 11 is 2.42. The van der Waals surface area contributed by atoms with E-state index in [1.54, 1.807) is 13.8 Å². The number of hydrogen-bond donors (Lipinski definition) is 1. The van der Waals surface area contributed by atoms with Gasteiger partial charge in [-0.15, -0.1) is 0 Å². The first-order chi connectivity index (χ1) is 15.2. The second-order valence-electron chi connectivity index (χ2n) is 9.80. The molecule has 1 unspecified atom stereocenters. The van der Waals surface area contributed by atoms with E-state index in [0.29, 0.717) is 5.92 Å². The third kappa shape index (κ3) is 3.57. The SMILES string of the molecule is CC(C)(O)C(C)(C)O[B]C1=CCC2c3ccc(-c4ccccc4I)cc3-c3cccc1c32. The Kier molecular flexibility index (Phi) is 5.39. The zero-order valence-electron chi connectivity index (χ0n) is 18.9. The van der Waals surface area contributed by atoms with E-state index >= 15 is 0 Å². The predicted octanol–water partition coefficient (Wildman–Crippen LogP) is 7.00. The number of fused-ring (bicyclic) bond motifs is 3. The lowest BCUT2D eigenvalue weighted by Gasteiger charge is -2.38. The quantitative estimate of drug-likeness (QED) is 0.283. The van der Waals surface area contributed by atoms with Crippen molar-refractivity contribution in [1.82, 2.24) is 0 Å². The van der Waals surface area contributed by atoms with Gasteiger partial charge >= 0.3 is 7.48 Å². The maximum atomic E-state index is 10.5. The van der Waals surface area contributed by atoms with Gasteiger partial charge in [-0.3, -0.25) is 0 Å². The maximum absolute atomic E-state index is 10.5. The summed E-state index contributed by atoms with van der Waals surface area (Å²) in [5.41, 5.74) is 8.73. The molecule has 3 aromatic carbocycles. The van der Waals surface area contributed by atoms with Gasteiger partial charge in [-0.2, -0.15) is 0 Å². The summed E-state index contributed by atoms with van der Waals surface area (Å²) in [6.45, 7) is 7.42. The molecule has 5 rings (SSSR count). The Labute approximate surface area is 205 Å². The van der Waals surface area contributed by atoms with Gasteiger partial charge in [-0.1, -0.05) is 54.6 Å². The smallest absolute Gasteiger partial charge is 0.331 e. The molecule has 0 saturated heterocycles. The van der Waals surface area contributed by atoms with E-state index in [4.69, 9.17) is 4.65 Å². The molecule has 0 bridgehead atoms. The molecule has 1 radical (unpaired) electrons. The van der Waals surface area contributed by atoms with Crippen molar-refractivity contribution in [3.8, 4) is 22.3 Å². The highest BCUT2D eigenvalue weighted by atomic mass is 127. The fourth-order valence-electron chi connectivity index (χ4n) is 4.61. The average molecular weight is 533 g/mol. The molecular formula is C28H27BIO2. The van der Waals surface area contributed by atoms with Crippen LogP contribution in [0.3, 0.4) is 0 Å². The minimum Gasteiger partial charge on any atom is -0.427 e. The molecule has 2 aliphatic rings. The van der Waals surface area contributed by atoms with Crippen LogP contribution in [0.2, 0.25) is 0 Å². The highest BCUT2D eigenvalue weighted by Gasteiger charge is 2.38. The van der Waals surface area contributed by atoms with Crippen molar-refractivity contribution in [3.05, 3.63) is 87.0 Å². The molecule has 4 heteroatoms. The normalized spacial score (nSPS) is 16.9. The molecule has 1 atom stereocenters. The van der Waals surface area contributed by atoms with Crippen LogP contribution in [0, 0.1) is 3.57 Å². The van der Waals surface area contributed by atoms with Crippen LogP contribution < -0.4 is 0 Å². The molecule has 0 aliphatic heterocycles. The van der Waals surface area contributed by atoms with Crippen LogP contribution in [0.5, 0.6) is 0 Å². The van der Waals surface area contributed by atoms with Crippen molar-refractivity contribution < 1.29 is 9.76 Å². The van der Waals surface area contributed by atoms with Crippen LogP contribution in [0.15, 0.2) is 66.7 Å². The average Bonchev–Trinajstić information content (AvgIpc) is 3.08. The lowest BCUT2D eigenvalue weighted by atomic mass is 9.71. The summed E-state index contributed by atoms with van der Waals surface area (Å²) in [5, 5.41) is 10.5. The molecule has 0 aromatic heterocycles. The molecular weight excluding hydrogens is 506 g/mol. The Hall–Kier alpha value is -1.89. The zero-order chi connectivity index (χ0) is 22.7. The van der Waals surface area contributed by atoms with Crippen molar-refractivity contribution >= 4 is 35.5 Å². The van der Waals surface area contributed by atoms with Crippen molar-refractivity contribution in [2.45, 2.75) is 51.2 Å². The van der Waals surface area contributed by atoms with E-state index in [1.807, 2.05) is 21.3 Å². The Bertz CT molecular complexity index is 1240. The van der Waals surface area contributed by atoms with E-state index < -0.39 is 11.2 Å². The van der Waals surface area contributed by atoms with Crippen LogP contribution in [0.1, 0.15) is 56.7 Å². The monoisotopic (exact) mass is 533 g/mol. The molecule has 0 saturated carbocycles. The molecule has 161 valence electrons. The van der Waals surface area contributed by atoms with E-state index in [1.165, 1.54) is 42.5 Å². The van der Waals surface area contributed by atoms with Gasteiger partial charge in [0, 0.05) is 9.49 Å². The van der Waals surface area contributed by atoms with E-state index in [9.17, 15) is 5.11 Å². The number of hydrogen-bond acceptors (Lipinski definition) is 2. The van der Waals surface area contributed by atoms with Crippen LogP contribution in [-0.4, -0.2) is 23.8 Å². The van der Waals surface area contributed by atoms with Gasteiger partial charge in [0.05, 0.1) is 11.2 Å². The number of rotatable bonds is 5. The Balaban J connectivity index is 1.52. The molecule has 2 nitrogen and oxygen atoms in total. The van der Waals surface area contributed by atoms with Crippen LogP contribution in [0.25, 0.3) is 27.7 Å². The second kappa shape index (κ2) is 7.86. The van der Waals surface area contributed by atoms with Gasteiger partial charge in [0.25, 0.3) is 0 Å². The molecule has 0 spiro atoms. The fourth-order valence-corrected chi connectivity index (χ4v) is 5.30. The summed E-state index contributed by atoms with van der Waals surface area (Å²) in [6, 6.07) is 22.1. The summed E-state index contributed by atoms with van der Waals surface area (Å²) in [7, 11) is 1.84. The zero-order valence-corrected chi connectivity index (χ0v) is 21.1. The first-order valence-corrected chi connectivity index (χ1v) is 12.2. The third-order valence-electron chi connectivity index (χ3n) is 7.20. The maximum Gasteiger partial charge on any atom is 0.331 e. The second-order valence-corrected chi connectivity index (χ2v) is 11.0. The van der Waals surface area contributed by atoms with Crippen LogP contribution >= 0.6 is 22.6 Å². The van der Waals surface area contributed by atoms with E-state index in [0.717, 1.165) is 11.9 Å². The van der Waals surface area contributed by atoms with Crippen molar-refractivity contribution in [3.63, 3.8) is 0 Å². The highest BCUT2D eigenvalue weighted by molar-refractivity contribution is 14.1. The molecule has 3 aromatic rings. The minimum atomic E-state index is -0.943. The Morgan fingerprint density at radius 1 is 0.906 bits per heavy atom. The molecule has 0 heterocycles. The van der Waals surface area contributed by atoms with Gasteiger partial charge in [0.1, 0.15) is 0 Å². The topological polar surface area (TPSA) is 29.5 Å². The van der Waals surface area contributed by atoms with Gasteiger partial charge in [-0.25, -0.2) is 0 Å². The van der Waals surface area contributed by atoms with Crippen molar-refractivity contribution in [1.29, 1.82) is 0 Å². The molecule has 0 fully saturated rings. The number of aliphatic hydroxyl groups is 1. The van der Waals surface area contributed by atoms with E-state index in [2.05, 4.69) is 89.3 Å². The van der Waals surface area contributed by atoms with Crippen molar-refractivity contribution in [2.24, 2.45) is 0 Å². The lowest BCUT2D eigenvalue weighted by molar-refractivity contribution is -0.0892. The molecule has 32 heavy (non-hydrogen) atoms. The van der Waals surface area contributed by atoms with Gasteiger partial charge in [0.2, 0.25) is 0 Å². The molecule has 1 N–H and O–H groups in total. The Morgan fingerprint density at radius 2 is 1.62 bits per heavy atom. The van der Waals surface area contributed by atoms with E-state index in [-0.39, 0.29) is 0 Å². The standard InChI is InChI=1S/C28H27BIO2/c1-27(2,31)28(3,4)32-29-24-15-14-21-19-13-12-17(18-8-5-6-11-25(18)30)16-23(19)20-9-7-10-22(24)26(20)21/h5-13,15-16,21,31H,14H2,1-4H3. The van der Waals surface area contributed by atoms with Gasteiger partial charge in [-0.05, 0) is 113 Å². The van der Waals surface area contributed by atoms with Gasteiger partial charge in [0.15, 0.2) is 0 Å². The largest absolute Gasteiger partial charge is 0.427 e.